The maximum Gasteiger partial charge on any atom is 0.157 e. The van der Waals surface area contributed by atoms with Crippen molar-refractivity contribution in [3.8, 4) is 0 Å². The van der Waals surface area contributed by atoms with Gasteiger partial charge in [0, 0.05) is 12.6 Å². The summed E-state index contributed by atoms with van der Waals surface area (Å²) < 4.78 is 0. The molecule has 0 saturated carbocycles. The Hall–Kier alpha value is -1.07. The first-order valence-corrected chi connectivity index (χ1v) is 5.16. The molecule has 4 N–H and O–H groups in total. The molecule has 0 aliphatic heterocycles. The van der Waals surface area contributed by atoms with Gasteiger partial charge >= 0.3 is 0 Å². The number of rotatable bonds is 5. The summed E-state index contributed by atoms with van der Waals surface area (Å²) >= 11 is 5.75. The summed E-state index contributed by atoms with van der Waals surface area (Å²) in [7, 11) is 0. The third kappa shape index (κ3) is 3.53. The first-order chi connectivity index (χ1) is 7.15. The topological polar surface area (TPSA) is 84.1 Å². The summed E-state index contributed by atoms with van der Waals surface area (Å²) in [4.78, 5) is 7.75. The largest absolute Gasteiger partial charge is 0.396 e. The van der Waals surface area contributed by atoms with Crippen LogP contribution in [0.5, 0.6) is 0 Å². The number of aliphatic hydroxyl groups excluding tert-OH is 1. The Morgan fingerprint density at radius 1 is 1.60 bits per heavy atom. The summed E-state index contributed by atoms with van der Waals surface area (Å²) in [5.41, 5.74) is 6.05. The highest BCUT2D eigenvalue weighted by Gasteiger charge is 2.08. The molecule has 1 unspecified atom stereocenters. The summed E-state index contributed by atoms with van der Waals surface area (Å²) in [6.45, 7) is 2.18. The van der Waals surface area contributed by atoms with Crippen molar-refractivity contribution >= 4 is 23.1 Å². The molecule has 0 aliphatic rings. The second kappa shape index (κ2) is 5.72. The Bertz CT molecular complexity index is 321. The zero-order chi connectivity index (χ0) is 11.3. The number of aromatic nitrogens is 2. The molecule has 84 valence electrons. The van der Waals surface area contributed by atoms with Gasteiger partial charge in [0.05, 0.1) is 0 Å². The number of nitrogens with zero attached hydrogens (tertiary/aromatic N) is 2. The average molecular weight is 231 g/mol. The number of nitrogens with two attached hydrogens (primary N) is 1. The van der Waals surface area contributed by atoms with Gasteiger partial charge < -0.3 is 16.2 Å². The molecule has 1 atom stereocenters. The molecule has 0 radical (unpaired) electrons. The fraction of sp³-hybridized carbons (Fsp3) is 0.556. The maximum absolute atomic E-state index is 8.68. The lowest BCUT2D eigenvalue weighted by atomic mass is 10.2. The zero-order valence-electron chi connectivity index (χ0n) is 8.57. The molecular formula is C9H15ClN4O. The predicted molar refractivity (Wildman–Crippen MR) is 60.9 cm³/mol. The molecule has 1 aromatic heterocycles. The van der Waals surface area contributed by atoms with Crippen LogP contribution < -0.4 is 11.1 Å². The Kier molecular flexibility index (Phi) is 4.58. The van der Waals surface area contributed by atoms with Gasteiger partial charge in [-0.15, -0.1) is 0 Å². The van der Waals surface area contributed by atoms with Crippen molar-refractivity contribution in [2.24, 2.45) is 0 Å². The fourth-order valence-electron chi connectivity index (χ4n) is 1.19. The maximum atomic E-state index is 8.68. The molecular weight excluding hydrogens is 216 g/mol. The molecule has 1 heterocycles. The monoisotopic (exact) mass is 230 g/mol. The van der Waals surface area contributed by atoms with Crippen LogP contribution in [0.15, 0.2) is 6.33 Å². The molecule has 6 heteroatoms. The van der Waals surface area contributed by atoms with Crippen molar-refractivity contribution in [1.29, 1.82) is 0 Å². The smallest absolute Gasteiger partial charge is 0.157 e. The van der Waals surface area contributed by atoms with Gasteiger partial charge in [0.15, 0.2) is 11.0 Å². The predicted octanol–water partition coefficient (Wildman–Crippen LogP) is 1.29. The van der Waals surface area contributed by atoms with E-state index in [-0.39, 0.29) is 17.8 Å². The van der Waals surface area contributed by atoms with Gasteiger partial charge in [0.2, 0.25) is 0 Å². The van der Waals surface area contributed by atoms with Gasteiger partial charge in [-0.1, -0.05) is 11.6 Å². The number of hydrogen-bond acceptors (Lipinski definition) is 5. The Morgan fingerprint density at radius 2 is 2.33 bits per heavy atom. The Balaban J connectivity index is 2.60. The molecule has 0 fully saturated rings. The van der Waals surface area contributed by atoms with Gasteiger partial charge in [0.1, 0.15) is 12.0 Å². The molecule has 15 heavy (non-hydrogen) atoms. The summed E-state index contributed by atoms with van der Waals surface area (Å²) in [5.74, 6) is 0.542. The van der Waals surface area contributed by atoms with Crippen molar-refractivity contribution < 1.29 is 5.11 Å². The van der Waals surface area contributed by atoms with Gasteiger partial charge in [-0.25, -0.2) is 9.97 Å². The van der Waals surface area contributed by atoms with E-state index in [9.17, 15) is 0 Å². The van der Waals surface area contributed by atoms with E-state index in [1.165, 1.54) is 6.33 Å². The van der Waals surface area contributed by atoms with Crippen molar-refractivity contribution in [3.63, 3.8) is 0 Å². The van der Waals surface area contributed by atoms with E-state index in [1.807, 2.05) is 6.92 Å². The van der Waals surface area contributed by atoms with Crippen LogP contribution >= 0.6 is 11.6 Å². The lowest BCUT2D eigenvalue weighted by molar-refractivity contribution is 0.282. The molecule has 0 amide bonds. The molecule has 0 spiro atoms. The van der Waals surface area contributed by atoms with Crippen molar-refractivity contribution in [2.45, 2.75) is 25.8 Å². The number of aliphatic hydroxyl groups is 1. The first kappa shape index (κ1) is 12.0. The van der Waals surface area contributed by atoms with Crippen LogP contribution in [0.1, 0.15) is 19.8 Å². The van der Waals surface area contributed by atoms with Crippen molar-refractivity contribution in [1.82, 2.24) is 9.97 Å². The van der Waals surface area contributed by atoms with Crippen molar-refractivity contribution in [3.05, 3.63) is 11.5 Å². The third-order valence-corrected chi connectivity index (χ3v) is 2.31. The van der Waals surface area contributed by atoms with Gasteiger partial charge in [-0.05, 0) is 19.8 Å². The third-order valence-electron chi connectivity index (χ3n) is 2.01. The number of nitrogens with one attached hydrogen (secondary N) is 1. The minimum atomic E-state index is 0.186. The van der Waals surface area contributed by atoms with Gasteiger partial charge in [-0.2, -0.15) is 0 Å². The molecule has 0 aliphatic carbocycles. The minimum Gasteiger partial charge on any atom is -0.396 e. The second-order valence-electron chi connectivity index (χ2n) is 3.34. The highest BCUT2D eigenvalue weighted by Crippen LogP contribution is 2.22. The van der Waals surface area contributed by atoms with Crippen LogP contribution in [0, 0.1) is 0 Å². The zero-order valence-corrected chi connectivity index (χ0v) is 9.33. The summed E-state index contributed by atoms with van der Waals surface area (Å²) in [6.07, 6.45) is 2.95. The van der Waals surface area contributed by atoms with Crippen LogP contribution in [0.3, 0.4) is 0 Å². The SMILES string of the molecule is CC(CCCO)Nc1ncnc(Cl)c1N. The number of halogens is 1. The number of nitrogen functional groups attached to an aromatic ring is 1. The van der Waals surface area contributed by atoms with Gasteiger partial charge in [-0.3, -0.25) is 0 Å². The van der Waals surface area contributed by atoms with Crippen LogP contribution in [0.25, 0.3) is 0 Å². The lowest BCUT2D eigenvalue weighted by Gasteiger charge is -2.15. The van der Waals surface area contributed by atoms with E-state index >= 15 is 0 Å². The van der Waals surface area contributed by atoms with Crippen LogP contribution in [-0.4, -0.2) is 27.7 Å². The average Bonchev–Trinajstić information content (AvgIpc) is 2.22. The molecule has 1 rings (SSSR count). The summed E-state index contributed by atoms with van der Waals surface area (Å²) in [6, 6.07) is 0.186. The highest BCUT2D eigenvalue weighted by molar-refractivity contribution is 6.32. The van der Waals surface area contributed by atoms with E-state index < -0.39 is 0 Å². The minimum absolute atomic E-state index is 0.186. The lowest BCUT2D eigenvalue weighted by Crippen LogP contribution is -2.17. The Morgan fingerprint density at radius 3 is 3.00 bits per heavy atom. The van der Waals surface area contributed by atoms with Crippen molar-refractivity contribution in [2.75, 3.05) is 17.7 Å². The standard InChI is InChI=1S/C9H15ClN4O/c1-6(3-2-4-15)14-9-7(11)8(10)12-5-13-9/h5-6,15H,2-4,11H2,1H3,(H,12,13,14). The van der Waals surface area contributed by atoms with E-state index in [4.69, 9.17) is 22.4 Å². The molecule has 0 aromatic carbocycles. The fourth-order valence-corrected chi connectivity index (χ4v) is 1.33. The second-order valence-corrected chi connectivity index (χ2v) is 3.70. The van der Waals surface area contributed by atoms with E-state index in [1.54, 1.807) is 0 Å². The highest BCUT2D eigenvalue weighted by atomic mass is 35.5. The van der Waals surface area contributed by atoms with E-state index in [0.717, 1.165) is 12.8 Å². The molecule has 0 bridgehead atoms. The first-order valence-electron chi connectivity index (χ1n) is 4.78. The quantitative estimate of drug-likeness (QED) is 0.664. The van der Waals surface area contributed by atoms with E-state index in [0.29, 0.717) is 11.5 Å². The normalized spacial score (nSPS) is 12.5. The van der Waals surface area contributed by atoms with E-state index in [2.05, 4.69) is 15.3 Å². The molecule has 0 saturated heterocycles. The molecule has 5 nitrogen and oxygen atoms in total. The van der Waals surface area contributed by atoms with Crippen LogP contribution in [0.2, 0.25) is 5.15 Å². The summed E-state index contributed by atoms with van der Waals surface area (Å²) in [5, 5.41) is 12.0. The van der Waals surface area contributed by atoms with Crippen LogP contribution in [0.4, 0.5) is 11.5 Å². The van der Waals surface area contributed by atoms with Gasteiger partial charge in [0.25, 0.3) is 0 Å². The number of anilines is 2. The Labute approximate surface area is 93.7 Å². The van der Waals surface area contributed by atoms with Crippen LogP contribution in [-0.2, 0) is 0 Å². The number of hydrogen-bond donors (Lipinski definition) is 3. The molecule has 1 aromatic rings.